The molecule has 0 saturated carbocycles. The Kier molecular flexibility index (Phi) is 9.69. The molecule has 3 aromatic carbocycles. The van der Waals surface area contributed by atoms with E-state index in [-0.39, 0.29) is 40.8 Å². The normalized spacial score (nSPS) is 10.9. The molecule has 10 nitrogen and oxygen atoms in total. The van der Waals surface area contributed by atoms with Gasteiger partial charge in [-0.1, -0.05) is 30.3 Å². The largest absolute Gasteiger partial charge is 0.496 e. The minimum Gasteiger partial charge on any atom is -0.496 e. The summed E-state index contributed by atoms with van der Waals surface area (Å²) in [5.74, 6) is -0.575. The molecule has 0 fully saturated rings. The first-order valence-electron chi connectivity index (χ1n) is 11.5. The number of ether oxygens (including phenoxy) is 3. The zero-order chi connectivity index (χ0) is 27.7. The second-order valence-electron chi connectivity index (χ2n) is 8.05. The third-order valence-electron chi connectivity index (χ3n) is 5.68. The second kappa shape index (κ2) is 12.9. The van der Waals surface area contributed by atoms with Gasteiger partial charge in [-0.05, 0) is 47.9 Å². The Hall–Kier alpha value is -4.09. The average molecular weight is 544 g/mol. The zero-order valence-corrected chi connectivity index (χ0v) is 22.0. The molecule has 202 valence electrons. The van der Waals surface area contributed by atoms with Crippen molar-refractivity contribution in [2.24, 2.45) is 0 Å². The number of methoxy groups -OCH3 is 3. The zero-order valence-electron chi connectivity index (χ0n) is 21.2. The maximum absolute atomic E-state index is 12.8. The van der Waals surface area contributed by atoms with Crippen LogP contribution in [0.15, 0.2) is 65.6 Å². The van der Waals surface area contributed by atoms with Crippen molar-refractivity contribution in [3.8, 4) is 17.2 Å². The molecular weight excluding hydrogens is 514 g/mol. The van der Waals surface area contributed by atoms with Gasteiger partial charge >= 0.3 is 16.1 Å². The van der Waals surface area contributed by atoms with E-state index >= 15 is 0 Å². The third-order valence-corrected chi connectivity index (χ3v) is 6.92. The number of carbonyl (C=O) groups excluding carboxylic acids is 2. The number of esters is 1. The number of nitrogens with one attached hydrogen (secondary N) is 1. The number of hydrogen-bond donors (Lipinski definition) is 2. The van der Waals surface area contributed by atoms with Crippen LogP contribution in [0.3, 0.4) is 0 Å². The van der Waals surface area contributed by atoms with Crippen molar-refractivity contribution in [1.82, 2.24) is 5.32 Å². The summed E-state index contributed by atoms with van der Waals surface area (Å²) >= 11 is 0. The quantitative estimate of drug-likeness (QED) is 0.261. The minimum atomic E-state index is -4.22. The highest BCUT2D eigenvalue weighted by Crippen LogP contribution is 2.36. The molecule has 0 saturated heterocycles. The molecule has 0 aromatic heterocycles. The van der Waals surface area contributed by atoms with Crippen molar-refractivity contribution in [2.45, 2.75) is 24.3 Å². The predicted octanol–water partition coefficient (Wildman–Crippen LogP) is 2.65. The summed E-state index contributed by atoms with van der Waals surface area (Å²) in [6.07, 6.45) is 0.328. The van der Waals surface area contributed by atoms with Gasteiger partial charge in [-0.15, -0.1) is 0 Å². The van der Waals surface area contributed by atoms with Gasteiger partial charge in [0.1, 0.15) is 16.2 Å². The van der Waals surface area contributed by atoms with E-state index in [2.05, 4.69) is 5.32 Å². The number of aliphatic hydroxyl groups excluding tert-OH is 1. The van der Waals surface area contributed by atoms with E-state index in [1.807, 2.05) is 0 Å². The monoisotopic (exact) mass is 543 g/mol. The average Bonchev–Trinajstić information content (AvgIpc) is 2.93. The van der Waals surface area contributed by atoms with Gasteiger partial charge in [0.05, 0.1) is 34.4 Å². The Morgan fingerprint density at radius 2 is 1.63 bits per heavy atom. The molecule has 38 heavy (non-hydrogen) atoms. The van der Waals surface area contributed by atoms with Crippen molar-refractivity contribution < 1.29 is 41.5 Å². The van der Waals surface area contributed by atoms with E-state index in [9.17, 15) is 23.1 Å². The van der Waals surface area contributed by atoms with Crippen LogP contribution in [0.5, 0.6) is 17.2 Å². The van der Waals surface area contributed by atoms with Gasteiger partial charge in [0.2, 0.25) is 5.91 Å². The van der Waals surface area contributed by atoms with Gasteiger partial charge < -0.3 is 28.8 Å². The Balaban J connectivity index is 1.72. The molecule has 0 radical (unpaired) electrons. The smallest absolute Gasteiger partial charge is 0.341 e. The van der Waals surface area contributed by atoms with Crippen LogP contribution in [-0.4, -0.2) is 53.3 Å². The van der Waals surface area contributed by atoms with E-state index in [0.717, 1.165) is 5.56 Å². The minimum absolute atomic E-state index is 0.0645. The second-order valence-corrected chi connectivity index (χ2v) is 9.59. The highest BCUT2D eigenvalue weighted by molar-refractivity contribution is 7.87. The Morgan fingerprint density at radius 1 is 0.921 bits per heavy atom. The number of rotatable bonds is 12. The molecule has 11 heteroatoms. The molecule has 0 spiro atoms. The summed E-state index contributed by atoms with van der Waals surface area (Å²) in [6, 6.07) is 15.6. The topological polar surface area (TPSA) is 137 Å². The third kappa shape index (κ3) is 6.81. The van der Waals surface area contributed by atoms with Crippen LogP contribution < -0.4 is 19.0 Å². The van der Waals surface area contributed by atoms with Crippen LogP contribution in [0.1, 0.15) is 27.0 Å². The summed E-state index contributed by atoms with van der Waals surface area (Å²) in [6.45, 7) is -0.290. The highest BCUT2D eigenvalue weighted by atomic mass is 32.2. The number of benzene rings is 3. The number of carbonyl (C=O) groups is 2. The van der Waals surface area contributed by atoms with Crippen molar-refractivity contribution >= 4 is 22.0 Å². The fourth-order valence-corrected chi connectivity index (χ4v) is 4.72. The molecule has 0 heterocycles. The molecule has 2 N–H and O–H groups in total. The van der Waals surface area contributed by atoms with E-state index < -0.39 is 22.7 Å². The van der Waals surface area contributed by atoms with Crippen LogP contribution >= 0.6 is 0 Å². The van der Waals surface area contributed by atoms with Crippen LogP contribution in [0.25, 0.3) is 0 Å². The van der Waals surface area contributed by atoms with Crippen LogP contribution in [0.4, 0.5) is 0 Å². The van der Waals surface area contributed by atoms with Crippen molar-refractivity contribution in [3.05, 3.63) is 82.9 Å². The van der Waals surface area contributed by atoms with Gasteiger partial charge in [-0.25, -0.2) is 4.79 Å². The van der Waals surface area contributed by atoms with Gasteiger partial charge in [-0.3, -0.25) is 4.79 Å². The van der Waals surface area contributed by atoms with E-state index in [4.69, 9.17) is 18.4 Å². The lowest BCUT2D eigenvalue weighted by Crippen LogP contribution is -2.27. The number of hydrogen-bond acceptors (Lipinski definition) is 9. The first-order valence-corrected chi connectivity index (χ1v) is 13.0. The van der Waals surface area contributed by atoms with Crippen molar-refractivity contribution in [3.63, 3.8) is 0 Å². The van der Waals surface area contributed by atoms with Gasteiger partial charge in [0.15, 0.2) is 11.5 Å². The first-order chi connectivity index (χ1) is 18.2. The lowest BCUT2D eigenvalue weighted by Gasteiger charge is -2.17. The molecule has 3 rings (SSSR count). The van der Waals surface area contributed by atoms with Crippen LogP contribution in [0, 0.1) is 0 Å². The maximum Gasteiger partial charge on any atom is 0.341 e. The molecule has 3 aromatic rings. The fraction of sp³-hybridized carbons (Fsp3) is 0.259. The summed E-state index contributed by atoms with van der Waals surface area (Å²) in [4.78, 5) is 24.4. The first kappa shape index (κ1) is 28.5. The van der Waals surface area contributed by atoms with Crippen molar-refractivity contribution in [2.75, 3.05) is 27.9 Å². The summed E-state index contributed by atoms with van der Waals surface area (Å²) < 4.78 is 46.2. The molecular formula is C27H29NO9S. The summed E-state index contributed by atoms with van der Waals surface area (Å²) in [7, 11) is -0.137. The lowest BCUT2D eigenvalue weighted by molar-refractivity contribution is -0.120. The SMILES string of the molecule is COC(=O)c1ccc(CCNC(=O)Cc2ccc(OC)c(OS(=O)(=O)c3ccccc3)c2CO)cc1OC. The van der Waals surface area contributed by atoms with Gasteiger partial charge in [0.25, 0.3) is 0 Å². The molecule has 0 unspecified atom stereocenters. The standard InChI is InChI=1S/C27H29NO9S/c1-34-23-12-10-19(22(17-29)26(23)37-38(32,33)20-7-5-4-6-8-20)16-25(30)28-14-13-18-9-11-21(27(31)36-3)24(15-18)35-2/h4-12,15,29H,13-14,16-17H2,1-3H3,(H,28,30). The molecule has 0 aliphatic heterocycles. The van der Waals surface area contributed by atoms with E-state index in [0.29, 0.717) is 23.3 Å². The number of aliphatic hydroxyl groups is 1. The van der Waals surface area contributed by atoms with Crippen LogP contribution in [-0.2, 0) is 39.1 Å². The van der Waals surface area contributed by atoms with Crippen LogP contribution in [0.2, 0.25) is 0 Å². The molecule has 0 aliphatic carbocycles. The fourth-order valence-electron chi connectivity index (χ4n) is 3.73. The van der Waals surface area contributed by atoms with Gasteiger partial charge in [0, 0.05) is 12.1 Å². The van der Waals surface area contributed by atoms with Crippen molar-refractivity contribution in [1.29, 1.82) is 0 Å². The number of amides is 1. The summed E-state index contributed by atoms with van der Waals surface area (Å²) in [5, 5.41) is 12.8. The molecule has 0 bridgehead atoms. The lowest BCUT2D eigenvalue weighted by atomic mass is 10.0. The van der Waals surface area contributed by atoms with Gasteiger partial charge in [-0.2, -0.15) is 8.42 Å². The van der Waals surface area contributed by atoms with E-state index in [1.165, 1.54) is 39.5 Å². The predicted molar refractivity (Wildman–Crippen MR) is 138 cm³/mol. The molecule has 0 atom stereocenters. The highest BCUT2D eigenvalue weighted by Gasteiger charge is 2.24. The summed E-state index contributed by atoms with van der Waals surface area (Å²) in [5.41, 5.74) is 1.64. The Labute approximate surface area is 221 Å². The molecule has 0 aliphatic rings. The maximum atomic E-state index is 12.8. The Bertz CT molecular complexity index is 1390. The Morgan fingerprint density at radius 3 is 2.26 bits per heavy atom. The van der Waals surface area contributed by atoms with E-state index in [1.54, 1.807) is 42.5 Å². The molecule has 1 amide bonds.